The van der Waals surface area contributed by atoms with Gasteiger partial charge >= 0.3 is 0 Å². The molecule has 9 nitrogen and oxygen atoms in total. The number of benzene rings is 2. The summed E-state index contributed by atoms with van der Waals surface area (Å²) in [4.78, 5) is 38.2. The van der Waals surface area contributed by atoms with Crippen molar-refractivity contribution in [2.75, 3.05) is 0 Å². The van der Waals surface area contributed by atoms with Crippen LogP contribution in [0.3, 0.4) is 0 Å². The molecule has 4 atom stereocenters. The van der Waals surface area contributed by atoms with Crippen molar-refractivity contribution in [2.45, 2.75) is 18.1 Å². The number of aromatic hydroxyl groups is 1. The van der Waals surface area contributed by atoms with E-state index < -0.39 is 70.1 Å². The Hall–Kier alpha value is -4.65. The zero-order valence-electron chi connectivity index (χ0n) is 19.2. The smallest absolute Gasteiger partial charge is 0.255 e. The summed E-state index contributed by atoms with van der Waals surface area (Å²) in [5.74, 6) is -6.17. The number of primary amides is 1. The zero-order valence-corrected chi connectivity index (χ0v) is 19.2. The van der Waals surface area contributed by atoms with Gasteiger partial charge in [-0.15, -0.1) is 6.42 Å². The number of terminal acetylenes is 1. The van der Waals surface area contributed by atoms with Gasteiger partial charge in [-0.25, -0.2) is 0 Å². The van der Waals surface area contributed by atoms with Gasteiger partial charge in [0.15, 0.2) is 11.4 Å². The molecule has 1 saturated carbocycles. The van der Waals surface area contributed by atoms with Crippen molar-refractivity contribution in [1.29, 1.82) is 0 Å². The number of phenolic OH excluding ortho intramolecular Hbond substituents is 1. The van der Waals surface area contributed by atoms with Crippen LogP contribution in [0.25, 0.3) is 17.4 Å². The number of hydrogen-bond donors (Lipinski definition) is 6. The average molecular weight is 499 g/mol. The van der Waals surface area contributed by atoms with Crippen molar-refractivity contribution in [3.05, 3.63) is 81.6 Å². The van der Waals surface area contributed by atoms with Gasteiger partial charge in [-0.05, 0) is 34.9 Å². The standard InChI is InChI=1S/C28H21NO8/c1-2-12-6-8-13(9-7-12)10-15-14-4-3-5-17(30)19(14)24(33)22-20(15)23(32)16-11-18(31)21(27(29)36)25(34)28(16,37)26(22)35/h1,3-10,16,20,23,30,32-34,37H,11H2,(H2,29,36)/b15-10+. The second kappa shape index (κ2) is 8.20. The number of ketones is 2. The molecule has 5 rings (SSSR count). The lowest BCUT2D eigenvalue weighted by atomic mass is 9.56. The molecule has 0 saturated heterocycles. The molecule has 186 valence electrons. The maximum atomic E-state index is 13.8. The lowest BCUT2D eigenvalue weighted by Gasteiger charge is -2.49. The molecule has 1 amide bonds. The molecule has 7 N–H and O–H groups in total. The third-order valence-electron chi connectivity index (χ3n) is 7.30. The summed E-state index contributed by atoms with van der Waals surface area (Å²) >= 11 is 0. The Morgan fingerprint density at radius 1 is 1.11 bits per heavy atom. The summed E-state index contributed by atoms with van der Waals surface area (Å²) < 4.78 is 0. The third-order valence-corrected chi connectivity index (χ3v) is 7.30. The number of fused-ring (bicyclic) bond motifs is 3. The first kappa shape index (κ1) is 24.1. The van der Waals surface area contributed by atoms with Crippen LogP contribution >= 0.6 is 0 Å². The molecule has 37 heavy (non-hydrogen) atoms. The number of aliphatic hydroxyl groups is 4. The Morgan fingerprint density at radius 2 is 1.78 bits per heavy atom. The van der Waals surface area contributed by atoms with E-state index in [-0.39, 0.29) is 11.3 Å². The molecule has 2 aromatic rings. The molecule has 4 unspecified atom stereocenters. The molecular formula is C28H21NO8. The largest absolute Gasteiger partial charge is 0.508 e. The lowest BCUT2D eigenvalue weighted by molar-refractivity contribution is -0.157. The molecule has 0 radical (unpaired) electrons. The minimum atomic E-state index is -2.90. The second-order valence-corrected chi connectivity index (χ2v) is 9.21. The van der Waals surface area contributed by atoms with Gasteiger partial charge in [-0.1, -0.05) is 36.3 Å². The fourth-order valence-electron chi connectivity index (χ4n) is 5.54. The predicted molar refractivity (Wildman–Crippen MR) is 131 cm³/mol. The van der Waals surface area contributed by atoms with E-state index in [1.54, 1.807) is 36.4 Å². The lowest BCUT2D eigenvalue weighted by Crippen LogP contribution is -2.63. The first-order valence-corrected chi connectivity index (χ1v) is 11.3. The van der Waals surface area contributed by atoms with Crippen LogP contribution in [0.2, 0.25) is 0 Å². The SMILES string of the molecule is C#Cc1ccc(/C=C2\c3cccc(O)c3C(O)=C3C(=O)C4(O)C(O)=C(C(N)=O)C(=O)CC4C(O)C32)cc1. The number of nitrogens with two attached hydrogens (primary N) is 1. The van der Waals surface area contributed by atoms with Crippen molar-refractivity contribution in [3.63, 3.8) is 0 Å². The van der Waals surface area contributed by atoms with E-state index in [2.05, 4.69) is 5.92 Å². The van der Waals surface area contributed by atoms with E-state index in [1.165, 1.54) is 12.1 Å². The molecule has 0 bridgehead atoms. The quantitative estimate of drug-likeness (QED) is 0.265. The Labute approximate surface area is 210 Å². The summed E-state index contributed by atoms with van der Waals surface area (Å²) in [7, 11) is 0. The molecular weight excluding hydrogens is 478 g/mol. The van der Waals surface area contributed by atoms with Crippen LogP contribution in [0.4, 0.5) is 0 Å². The van der Waals surface area contributed by atoms with Crippen LogP contribution in [0.15, 0.2) is 59.4 Å². The summed E-state index contributed by atoms with van der Waals surface area (Å²) in [6.07, 6.45) is 4.72. The van der Waals surface area contributed by atoms with E-state index in [0.29, 0.717) is 22.3 Å². The van der Waals surface area contributed by atoms with Crippen LogP contribution in [-0.4, -0.2) is 54.7 Å². The summed E-state index contributed by atoms with van der Waals surface area (Å²) in [6.45, 7) is 0. The molecule has 0 spiro atoms. The number of aliphatic hydroxyl groups excluding tert-OH is 3. The van der Waals surface area contributed by atoms with Gasteiger partial charge in [-0.2, -0.15) is 0 Å². The first-order valence-electron chi connectivity index (χ1n) is 11.3. The second-order valence-electron chi connectivity index (χ2n) is 9.21. The van der Waals surface area contributed by atoms with E-state index >= 15 is 0 Å². The number of Topliss-reactive ketones (excluding diaryl/α,β-unsaturated/α-hetero) is 2. The molecule has 3 aliphatic rings. The highest BCUT2D eigenvalue weighted by atomic mass is 16.4. The number of carbonyl (C=O) groups excluding carboxylic acids is 3. The molecule has 2 aromatic carbocycles. The molecule has 0 aliphatic heterocycles. The maximum absolute atomic E-state index is 13.8. The van der Waals surface area contributed by atoms with Gasteiger partial charge in [0.25, 0.3) is 5.91 Å². The van der Waals surface area contributed by atoms with Gasteiger partial charge in [0.05, 0.1) is 17.2 Å². The Bertz CT molecular complexity index is 1540. The highest BCUT2D eigenvalue weighted by Gasteiger charge is 2.64. The summed E-state index contributed by atoms with van der Waals surface area (Å²) in [5.41, 5.74) is 2.60. The average Bonchev–Trinajstić information content (AvgIpc) is 2.86. The van der Waals surface area contributed by atoms with Crippen LogP contribution in [0.1, 0.15) is 28.7 Å². The number of amides is 1. The number of carbonyl (C=O) groups is 3. The van der Waals surface area contributed by atoms with Crippen molar-refractivity contribution in [1.82, 2.24) is 0 Å². The molecule has 1 fully saturated rings. The highest BCUT2D eigenvalue weighted by Crippen LogP contribution is 2.55. The monoisotopic (exact) mass is 499 g/mol. The van der Waals surface area contributed by atoms with Crippen LogP contribution in [0.5, 0.6) is 5.75 Å². The van der Waals surface area contributed by atoms with E-state index in [9.17, 15) is 39.9 Å². The van der Waals surface area contributed by atoms with Gasteiger partial charge in [0.2, 0.25) is 5.78 Å². The van der Waals surface area contributed by atoms with E-state index in [4.69, 9.17) is 12.2 Å². The Kier molecular flexibility index (Phi) is 5.33. The van der Waals surface area contributed by atoms with Gasteiger partial charge in [-0.3, -0.25) is 14.4 Å². The Balaban J connectivity index is 1.80. The van der Waals surface area contributed by atoms with Crippen LogP contribution in [-0.2, 0) is 14.4 Å². The molecule has 3 aliphatic carbocycles. The van der Waals surface area contributed by atoms with Crippen molar-refractivity contribution in [2.24, 2.45) is 17.6 Å². The third kappa shape index (κ3) is 3.24. The summed E-state index contributed by atoms with van der Waals surface area (Å²) in [5, 5.41) is 55.4. The fraction of sp³-hybridized carbons (Fsp3) is 0.179. The van der Waals surface area contributed by atoms with Crippen molar-refractivity contribution < 1.29 is 39.9 Å². The molecule has 0 heterocycles. The number of hydrogen-bond acceptors (Lipinski definition) is 8. The normalized spacial score (nSPS) is 27.9. The van der Waals surface area contributed by atoms with E-state index in [0.717, 1.165) is 0 Å². The maximum Gasteiger partial charge on any atom is 0.255 e. The predicted octanol–water partition coefficient (Wildman–Crippen LogP) is 1.37. The number of rotatable bonds is 2. The van der Waals surface area contributed by atoms with Crippen molar-refractivity contribution in [3.8, 4) is 18.1 Å². The minimum Gasteiger partial charge on any atom is -0.508 e. The van der Waals surface area contributed by atoms with Gasteiger partial charge < -0.3 is 31.3 Å². The highest BCUT2D eigenvalue weighted by molar-refractivity contribution is 6.23. The molecule has 0 aromatic heterocycles. The van der Waals surface area contributed by atoms with Crippen LogP contribution < -0.4 is 5.73 Å². The van der Waals surface area contributed by atoms with Crippen molar-refractivity contribution >= 4 is 34.9 Å². The van der Waals surface area contributed by atoms with Gasteiger partial charge in [0, 0.05) is 23.8 Å². The Morgan fingerprint density at radius 3 is 2.41 bits per heavy atom. The van der Waals surface area contributed by atoms with E-state index in [1.807, 2.05) is 0 Å². The molecule has 9 heteroatoms. The minimum absolute atomic E-state index is 0.117. The fourth-order valence-corrected chi connectivity index (χ4v) is 5.54. The zero-order chi connectivity index (χ0) is 26.8. The van der Waals surface area contributed by atoms with Crippen LogP contribution in [0, 0.1) is 24.2 Å². The topological polar surface area (TPSA) is 178 Å². The van der Waals surface area contributed by atoms with Gasteiger partial charge in [0.1, 0.15) is 22.8 Å². The summed E-state index contributed by atoms with van der Waals surface area (Å²) in [6, 6.07) is 11.2. The number of phenols is 1. The first-order chi connectivity index (χ1) is 17.5.